The number of carbonyl (C=O) groups is 1. The number of rotatable bonds is 10. The number of amides is 1. The fraction of sp³-hybridized carbons (Fsp3) is 0.632. The lowest BCUT2D eigenvalue weighted by Crippen LogP contribution is -2.42. The van der Waals surface area contributed by atoms with Gasteiger partial charge >= 0.3 is 0 Å². The van der Waals surface area contributed by atoms with Crippen molar-refractivity contribution in [2.24, 2.45) is 0 Å². The Morgan fingerprint density at radius 3 is 2.48 bits per heavy atom. The summed E-state index contributed by atoms with van der Waals surface area (Å²) in [5.41, 5.74) is 0.462. The van der Waals surface area contributed by atoms with Gasteiger partial charge < -0.3 is 19.1 Å². The van der Waals surface area contributed by atoms with Crippen molar-refractivity contribution in [1.82, 2.24) is 4.90 Å². The third-order valence-corrected chi connectivity index (χ3v) is 6.20. The first-order valence-corrected chi connectivity index (χ1v) is 11.1. The first-order chi connectivity index (χ1) is 12.9. The van der Waals surface area contributed by atoms with E-state index in [1.165, 1.54) is 0 Å². The summed E-state index contributed by atoms with van der Waals surface area (Å²) in [6, 6.07) is 4.79. The Morgan fingerprint density at radius 1 is 1.19 bits per heavy atom. The highest BCUT2D eigenvalue weighted by Crippen LogP contribution is 2.30. The molecule has 0 spiro atoms. The number of sulfone groups is 1. The van der Waals surface area contributed by atoms with Gasteiger partial charge in [-0.25, -0.2) is 8.42 Å². The molecule has 0 N–H and O–H groups in total. The average molecular weight is 400 g/mol. The fourth-order valence-corrected chi connectivity index (χ4v) is 4.93. The number of nitrogens with zero attached hydrogens (tertiary/aromatic N) is 1. The highest BCUT2D eigenvalue weighted by Gasteiger charge is 2.35. The zero-order valence-electron chi connectivity index (χ0n) is 16.3. The van der Waals surface area contributed by atoms with Crippen LogP contribution in [0.25, 0.3) is 0 Å². The van der Waals surface area contributed by atoms with Crippen LogP contribution in [-0.2, 0) is 14.6 Å². The molecule has 0 radical (unpaired) electrons. The molecule has 0 saturated carbocycles. The Kier molecular flexibility index (Phi) is 7.91. The van der Waals surface area contributed by atoms with Crippen molar-refractivity contribution in [3.05, 3.63) is 23.8 Å². The minimum Gasteiger partial charge on any atom is -0.490 e. The number of hydrogen-bond acceptors (Lipinski definition) is 6. The second-order valence-corrected chi connectivity index (χ2v) is 8.66. The zero-order valence-corrected chi connectivity index (χ0v) is 17.1. The van der Waals surface area contributed by atoms with Crippen LogP contribution < -0.4 is 9.47 Å². The second kappa shape index (κ2) is 9.94. The summed E-state index contributed by atoms with van der Waals surface area (Å²) in [7, 11) is -1.48. The predicted octanol–water partition coefficient (Wildman–Crippen LogP) is 2.15. The van der Waals surface area contributed by atoms with Gasteiger partial charge in [0.1, 0.15) is 0 Å². The molecule has 152 valence electrons. The molecule has 7 nitrogen and oxygen atoms in total. The average Bonchev–Trinajstić information content (AvgIpc) is 2.99. The van der Waals surface area contributed by atoms with Crippen molar-refractivity contribution < 1.29 is 27.4 Å². The maximum Gasteiger partial charge on any atom is 0.254 e. The van der Waals surface area contributed by atoms with Gasteiger partial charge in [-0.1, -0.05) is 0 Å². The molecule has 1 aliphatic heterocycles. The summed E-state index contributed by atoms with van der Waals surface area (Å²) >= 11 is 0. The van der Waals surface area contributed by atoms with E-state index in [1.807, 2.05) is 13.8 Å². The topological polar surface area (TPSA) is 82.1 Å². The molecule has 1 aromatic carbocycles. The maximum atomic E-state index is 13.2. The van der Waals surface area contributed by atoms with Crippen LogP contribution in [0.2, 0.25) is 0 Å². The molecule has 0 aliphatic carbocycles. The standard InChI is InChI=1S/C19H29NO6S/c1-4-25-17-8-7-15(13-18(17)26-5-2)19(21)20(10-6-11-24-3)16-9-12-27(22,23)14-16/h7-8,13,16H,4-6,9-12,14H2,1-3H3. The lowest BCUT2D eigenvalue weighted by molar-refractivity contribution is 0.0674. The van der Waals surface area contributed by atoms with Crippen molar-refractivity contribution in [3.63, 3.8) is 0 Å². The van der Waals surface area contributed by atoms with Crippen molar-refractivity contribution in [3.8, 4) is 11.5 Å². The minimum absolute atomic E-state index is 0.0149. The van der Waals surface area contributed by atoms with Gasteiger partial charge in [0, 0.05) is 31.9 Å². The zero-order chi connectivity index (χ0) is 19.9. The molecule has 1 aromatic rings. The molecule has 27 heavy (non-hydrogen) atoms. The van der Waals surface area contributed by atoms with Crippen LogP contribution in [0.15, 0.2) is 18.2 Å². The second-order valence-electron chi connectivity index (χ2n) is 6.43. The summed E-state index contributed by atoms with van der Waals surface area (Å²) in [5, 5.41) is 0. The molecular weight excluding hydrogens is 370 g/mol. The van der Waals surface area contributed by atoms with Gasteiger partial charge in [0.15, 0.2) is 21.3 Å². The number of benzene rings is 1. The van der Waals surface area contributed by atoms with Crippen molar-refractivity contribution in [1.29, 1.82) is 0 Å². The van der Waals surface area contributed by atoms with E-state index in [1.54, 1.807) is 30.2 Å². The van der Waals surface area contributed by atoms with Gasteiger partial charge in [-0.15, -0.1) is 0 Å². The molecule has 0 bridgehead atoms. The minimum atomic E-state index is -3.09. The van der Waals surface area contributed by atoms with Crippen LogP contribution in [0, 0.1) is 0 Å². The summed E-state index contributed by atoms with van der Waals surface area (Å²) in [6.07, 6.45) is 1.12. The van der Waals surface area contributed by atoms with Crippen LogP contribution in [-0.4, -0.2) is 70.2 Å². The molecule has 1 fully saturated rings. The van der Waals surface area contributed by atoms with E-state index < -0.39 is 9.84 Å². The lowest BCUT2D eigenvalue weighted by Gasteiger charge is -2.28. The molecule has 2 rings (SSSR count). The molecule has 1 heterocycles. The molecule has 8 heteroatoms. The Labute approximate surface area is 161 Å². The van der Waals surface area contributed by atoms with Crippen LogP contribution in [0.3, 0.4) is 0 Å². The van der Waals surface area contributed by atoms with Crippen LogP contribution >= 0.6 is 0 Å². The largest absolute Gasteiger partial charge is 0.490 e. The maximum absolute atomic E-state index is 13.2. The Morgan fingerprint density at radius 2 is 1.89 bits per heavy atom. The van der Waals surface area contributed by atoms with Crippen molar-refractivity contribution in [2.75, 3.05) is 45.0 Å². The van der Waals surface area contributed by atoms with Gasteiger partial charge in [0.05, 0.1) is 24.7 Å². The van der Waals surface area contributed by atoms with Gasteiger partial charge in [0.25, 0.3) is 5.91 Å². The van der Waals surface area contributed by atoms with Gasteiger partial charge in [-0.05, 0) is 44.9 Å². The quantitative estimate of drug-likeness (QED) is 0.561. The van der Waals surface area contributed by atoms with E-state index in [0.29, 0.717) is 56.3 Å². The molecule has 1 aliphatic rings. The summed E-state index contributed by atoms with van der Waals surface area (Å²) < 4.78 is 40.0. The van der Waals surface area contributed by atoms with Crippen LogP contribution in [0.5, 0.6) is 11.5 Å². The summed E-state index contributed by atoms with van der Waals surface area (Å²) in [5.74, 6) is 1.05. The highest BCUT2D eigenvalue weighted by atomic mass is 32.2. The van der Waals surface area contributed by atoms with E-state index in [2.05, 4.69) is 0 Å². The summed E-state index contributed by atoms with van der Waals surface area (Å²) in [4.78, 5) is 14.8. The molecule has 1 atom stereocenters. The van der Waals surface area contributed by atoms with Gasteiger partial charge in [0.2, 0.25) is 0 Å². The fourth-order valence-electron chi connectivity index (χ4n) is 3.20. The Bertz CT molecular complexity index is 734. The molecule has 0 aromatic heterocycles. The van der Waals surface area contributed by atoms with E-state index in [4.69, 9.17) is 14.2 Å². The normalized spacial score (nSPS) is 18.3. The first-order valence-electron chi connectivity index (χ1n) is 9.31. The SMILES string of the molecule is CCOc1ccc(C(=O)N(CCCOC)C2CCS(=O)(=O)C2)cc1OCC. The number of ether oxygens (including phenoxy) is 3. The molecular formula is C19H29NO6S. The third-order valence-electron chi connectivity index (χ3n) is 4.45. The van der Waals surface area contributed by atoms with E-state index >= 15 is 0 Å². The van der Waals surface area contributed by atoms with Gasteiger partial charge in [-0.2, -0.15) is 0 Å². The van der Waals surface area contributed by atoms with Crippen LogP contribution in [0.1, 0.15) is 37.0 Å². The highest BCUT2D eigenvalue weighted by molar-refractivity contribution is 7.91. The summed E-state index contributed by atoms with van der Waals surface area (Å²) in [6.45, 7) is 5.66. The van der Waals surface area contributed by atoms with E-state index in [0.717, 1.165) is 0 Å². The predicted molar refractivity (Wildman–Crippen MR) is 103 cm³/mol. The number of carbonyl (C=O) groups excluding carboxylic acids is 1. The smallest absolute Gasteiger partial charge is 0.254 e. The van der Waals surface area contributed by atoms with Crippen molar-refractivity contribution in [2.45, 2.75) is 32.7 Å². The van der Waals surface area contributed by atoms with Gasteiger partial charge in [-0.3, -0.25) is 4.79 Å². The monoisotopic (exact) mass is 399 g/mol. The number of hydrogen-bond donors (Lipinski definition) is 0. The van der Waals surface area contributed by atoms with E-state index in [9.17, 15) is 13.2 Å². The third kappa shape index (κ3) is 5.84. The molecule has 1 unspecified atom stereocenters. The van der Waals surface area contributed by atoms with Crippen LogP contribution in [0.4, 0.5) is 0 Å². The Hall–Kier alpha value is -1.80. The number of methoxy groups -OCH3 is 1. The first kappa shape index (κ1) is 21.5. The van der Waals surface area contributed by atoms with E-state index in [-0.39, 0.29) is 23.5 Å². The Balaban J connectivity index is 2.26. The van der Waals surface area contributed by atoms with Crippen molar-refractivity contribution >= 4 is 15.7 Å². The lowest BCUT2D eigenvalue weighted by atomic mass is 10.1. The molecule has 1 amide bonds. The molecule has 1 saturated heterocycles.